The molecule has 0 rings (SSSR count). The van der Waals surface area contributed by atoms with E-state index in [1.807, 2.05) is 20.8 Å². The summed E-state index contributed by atoms with van der Waals surface area (Å²) in [5, 5.41) is 21.6. The summed E-state index contributed by atoms with van der Waals surface area (Å²) in [4.78, 5) is 11.8. The molecule has 0 aromatic carbocycles. The average molecular weight is 445 g/mol. The molecule has 0 heterocycles. The molecule has 31 heavy (non-hydrogen) atoms. The molecular formula is C25H52N2O4. The zero-order chi connectivity index (χ0) is 23.4. The number of aliphatic hydroxyl groups is 1. The lowest BCUT2D eigenvalue weighted by Crippen LogP contribution is -2.50. The molecule has 4 N–H and O–H groups in total. The van der Waals surface area contributed by atoms with Crippen molar-refractivity contribution < 1.29 is 19.8 Å². The molecule has 1 amide bonds. The molecule has 0 saturated carbocycles. The first-order valence-electron chi connectivity index (χ1n) is 12.9. The fourth-order valence-electron chi connectivity index (χ4n) is 3.81. The minimum Gasteiger partial charge on any atom is -0.356 e. The standard InChI is InChI=1S/C25H52N2O4/c1-5-6-7-8-9-10-11-12-13-14-15-16-17-18-19-20-21-22(23(28)27-30)26-24(29)31-25(2,3)4/h22,24,26,29-30H,5-21H2,1-4H3,(H,27,28). The van der Waals surface area contributed by atoms with Crippen LogP contribution in [0.2, 0.25) is 0 Å². The summed E-state index contributed by atoms with van der Waals surface area (Å²) in [5.41, 5.74) is 1.14. The molecule has 2 unspecified atom stereocenters. The number of rotatable bonds is 21. The molecule has 6 heteroatoms. The van der Waals surface area contributed by atoms with Crippen molar-refractivity contribution in [2.24, 2.45) is 0 Å². The number of amides is 1. The average Bonchev–Trinajstić information content (AvgIpc) is 2.70. The second-order valence-electron chi connectivity index (χ2n) is 9.87. The normalized spacial score (nSPS) is 13.9. The van der Waals surface area contributed by atoms with E-state index in [0.29, 0.717) is 6.42 Å². The summed E-state index contributed by atoms with van der Waals surface area (Å²) < 4.78 is 5.38. The maximum Gasteiger partial charge on any atom is 0.260 e. The van der Waals surface area contributed by atoms with Gasteiger partial charge in [0.25, 0.3) is 5.91 Å². The third kappa shape index (κ3) is 20.9. The number of hydrogen-bond donors (Lipinski definition) is 4. The number of hydroxylamine groups is 1. The van der Waals surface area contributed by atoms with E-state index in [-0.39, 0.29) is 0 Å². The molecule has 0 radical (unpaired) electrons. The van der Waals surface area contributed by atoms with Gasteiger partial charge in [0.05, 0.1) is 11.6 Å². The Bertz CT molecular complexity index is 413. The van der Waals surface area contributed by atoms with Crippen LogP contribution in [-0.2, 0) is 9.53 Å². The summed E-state index contributed by atoms with van der Waals surface area (Å²) in [6, 6.07) is -0.672. The maximum absolute atomic E-state index is 11.8. The lowest BCUT2D eigenvalue weighted by molar-refractivity contribution is -0.188. The maximum atomic E-state index is 11.8. The minimum atomic E-state index is -1.25. The highest BCUT2D eigenvalue weighted by Gasteiger charge is 2.23. The zero-order valence-electron chi connectivity index (χ0n) is 20.9. The summed E-state index contributed by atoms with van der Waals surface area (Å²) >= 11 is 0. The number of ether oxygens (including phenoxy) is 1. The van der Waals surface area contributed by atoms with E-state index in [1.165, 1.54) is 83.5 Å². The van der Waals surface area contributed by atoms with Gasteiger partial charge in [0.15, 0.2) is 0 Å². The van der Waals surface area contributed by atoms with Gasteiger partial charge in [-0.05, 0) is 27.2 Å². The predicted molar refractivity (Wildman–Crippen MR) is 128 cm³/mol. The zero-order valence-corrected chi connectivity index (χ0v) is 20.9. The largest absolute Gasteiger partial charge is 0.356 e. The van der Waals surface area contributed by atoms with Gasteiger partial charge in [-0.15, -0.1) is 0 Å². The molecule has 0 saturated heterocycles. The molecule has 6 nitrogen and oxygen atoms in total. The van der Waals surface area contributed by atoms with Gasteiger partial charge in [0.2, 0.25) is 6.41 Å². The fourth-order valence-corrected chi connectivity index (χ4v) is 3.81. The topological polar surface area (TPSA) is 90.8 Å². The molecule has 0 aliphatic heterocycles. The Morgan fingerprint density at radius 3 is 1.52 bits per heavy atom. The van der Waals surface area contributed by atoms with Crippen molar-refractivity contribution >= 4 is 5.91 Å². The van der Waals surface area contributed by atoms with Gasteiger partial charge in [-0.2, -0.15) is 0 Å². The van der Waals surface area contributed by atoms with Crippen molar-refractivity contribution in [1.82, 2.24) is 10.8 Å². The highest BCUT2D eigenvalue weighted by atomic mass is 16.6. The number of carbonyl (C=O) groups is 1. The second-order valence-corrected chi connectivity index (χ2v) is 9.87. The molecule has 2 atom stereocenters. The van der Waals surface area contributed by atoms with Crippen LogP contribution in [0, 0.1) is 0 Å². The first-order chi connectivity index (χ1) is 14.8. The van der Waals surface area contributed by atoms with E-state index >= 15 is 0 Å². The van der Waals surface area contributed by atoms with Crippen molar-refractivity contribution in [3.8, 4) is 0 Å². The van der Waals surface area contributed by atoms with Crippen LogP contribution < -0.4 is 10.8 Å². The monoisotopic (exact) mass is 444 g/mol. The number of nitrogens with one attached hydrogen (secondary N) is 2. The lowest BCUT2D eigenvalue weighted by atomic mass is 10.0. The van der Waals surface area contributed by atoms with Crippen LogP contribution in [0.25, 0.3) is 0 Å². The number of aliphatic hydroxyl groups excluding tert-OH is 1. The Labute approximate surface area is 191 Å². The van der Waals surface area contributed by atoms with E-state index in [0.717, 1.165) is 19.3 Å². The van der Waals surface area contributed by atoms with Gasteiger partial charge in [0, 0.05) is 0 Å². The SMILES string of the molecule is CCCCCCCCCCCCCCCCCCC(NC(O)OC(C)(C)C)C(=O)NO. The van der Waals surface area contributed by atoms with Crippen molar-refractivity contribution in [2.45, 2.75) is 155 Å². The summed E-state index contributed by atoms with van der Waals surface area (Å²) in [6.45, 7) is 7.75. The first kappa shape index (κ1) is 30.3. The van der Waals surface area contributed by atoms with E-state index in [4.69, 9.17) is 9.94 Å². The van der Waals surface area contributed by atoms with Crippen molar-refractivity contribution in [1.29, 1.82) is 0 Å². The Morgan fingerprint density at radius 2 is 1.16 bits per heavy atom. The van der Waals surface area contributed by atoms with Crippen LogP contribution in [0.15, 0.2) is 0 Å². The first-order valence-corrected chi connectivity index (χ1v) is 12.9. The Morgan fingerprint density at radius 1 is 0.774 bits per heavy atom. The molecule has 0 aliphatic carbocycles. The van der Waals surface area contributed by atoms with Crippen LogP contribution in [0.1, 0.15) is 137 Å². The summed E-state index contributed by atoms with van der Waals surface area (Å²) in [6.07, 6.45) is 20.1. The smallest absolute Gasteiger partial charge is 0.260 e. The van der Waals surface area contributed by atoms with Gasteiger partial charge in [0.1, 0.15) is 0 Å². The number of carbonyl (C=O) groups excluding carboxylic acids is 1. The molecule has 0 aliphatic rings. The van der Waals surface area contributed by atoms with Crippen LogP contribution in [0.3, 0.4) is 0 Å². The second kappa shape index (κ2) is 20.0. The predicted octanol–water partition coefficient (Wildman–Crippen LogP) is 6.19. The van der Waals surface area contributed by atoms with Crippen molar-refractivity contribution in [3.05, 3.63) is 0 Å². The third-order valence-electron chi connectivity index (χ3n) is 5.58. The van der Waals surface area contributed by atoms with E-state index in [1.54, 1.807) is 5.48 Å². The van der Waals surface area contributed by atoms with Crippen LogP contribution in [0.4, 0.5) is 0 Å². The van der Waals surface area contributed by atoms with Crippen LogP contribution >= 0.6 is 0 Å². The van der Waals surface area contributed by atoms with E-state index in [2.05, 4.69) is 12.2 Å². The Balaban J connectivity index is 3.62. The Hall–Kier alpha value is -0.690. The van der Waals surface area contributed by atoms with Crippen molar-refractivity contribution in [3.63, 3.8) is 0 Å². The number of hydrogen-bond acceptors (Lipinski definition) is 5. The lowest BCUT2D eigenvalue weighted by Gasteiger charge is -2.27. The number of unbranched alkanes of at least 4 members (excludes halogenated alkanes) is 15. The molecule has 0 spiro atoms. The molecule has 186 valence electrons. The Kier molecular flexibility index (Phi) is 19.5. The minimum absolute atomic E-state index is 0.527. The summed E-state index contributed by atoms with van der Waals surface area (Å²) in [7, 11) is 0. The van der Waals surface area contributed by atoms with Gasteiger partial charge in [-0.3, -0.25) is 15.3 Å². The van der Waals surface area contributed by atoms with Gasteiger partial charge < -0.3 is 9.84 Å². The molecule has 0 aromatic heterocycles. The van der Waals surface area contributed by atoms with Gasteiger partial charge in [-0.25, -0.2) is 5.48 Å². The van der Waals surface area contributed by atoms with E-state index in [9.17, 15) is 9.90 Å². The molecule has 0 bridgehead atoms. The van der Waals surface area contributed by atoms with Crippen LogP contribution in [0.5, 0.6) is 0 Å². The van der Waals surface area contributed by atoms with E-state index < -0.39 is 24.0 Å². The quantitative estimate of drug-likeness (QED) is 0.0733. The van der Waals surface area contributed by atoms with Crippen molar-refractivity contribution in [2.75, 3.05) is 0 Å². The molecule has 0 aromatic rings. The molecular weight excluding hydrogens is 392 g/mol. The third-order valence-corrected chi connectivity index (χ3v) is 5.58. The molecule has 0 fully saturated rings. The van der Waals surface area contributed by atoms with Gasteiger partial charge in [-0.1, -0.05) is 110 Å². The van der Waals surface area contributed by atoms with Crippen LogP contribution in [-0.4, -0.2) is 34.3 Å². The summed E-state index contributed by atoms with van der Waals surface area (Å²) in [5.74, 6) is -0.544. The highest BCUT2D eigenvalue weighted by Crippen LogP contribution is 2.15. The fraction of sp³-hybridized carbons (Fsp3) is 0.960. The highest BCUT2D eigenvalue weighted by molar-refractivity contribution is 5.80. The van der Waals surface area contributed by atoms with Gasteiger partial charge >= 0.3 is 0 Å².